The minimum atomic E-state index is -1.07. The Morgan fingerprint density at radius 2 is 2.00 bits per heavy atom. The van der Waals surface area contributed by atoms with Crippen LogP contribution in [0.2, 0.25) is 0 Å². The fourth-order valence-corrected chi connectivity index (χ4v) is 4.49. The summed E-state index contributed by atoms with van der Waals surface area (Å²) in [6.45, 7) is 0.398. The molecule has 2 atom stereocenters. The molecular weight excluding hydrogens is 358 g/mol. The number of carboxylic acid groups (broad SMARTS) is 1. The van der Waals surface area contributed by atoms with Gasteiger partial charge in [-0.25, -0.2) is 4.79 Å². The summed E-state index contributed by atoms with van der Waals surface area (Å²) in [6.07, 6.45) is 6.39. The van der Waals surface area contributed by atoms with Crippen LogP contribution in [0.25, 0.3) is 10.9 Å². The Balaban J connectivity index is 1.42. The first-order valence-corrected chi connectivity index (χ1v) is 9.90. The minimum absolute atomic E-state index is 0.00977. The third-order valence-electron chi connectivity index (χ3n) is 6.01. The summed E-state index contributed by atoms with van der Waals surface area (Å²) in [4.78, 5) is 41.7. The van der Waals surface area contributed by atoms with E-state index in [1.807, 2.05) is 29.2 Å². The van der Waals surface area contributed by atoms with Crippen molar-refractivity contribution < 1.29 is 19.5 Å². The fraction of sp³-hybridized carbons (Fsp3) is 0.476. The number of carbonyl (C=O) groups is 3. The van der Waals surface area contributed by atoms with Crippen molar-refractivity contribution in [2.45, 2.75) is 50.6 Å². The van der Waals surface area contributed by atoms with E-state index in [9.17, 15) is 19.5 Å². The highest BCUT2D eigenvalue weighted by atomic mass is 16.4. The Kier molecular flexibility index (Phi) is 5.07. The van der Waals surface area contributed by atoms with Crippen molar-refractivity contribution in [1.29, 1.82) is 0 Å². The van der Waals surface area contributed by atoms with Gasteiger partial charge in [-0.05, 0) is 24.5 Å². The molecule has 28 heavy (non-hydrogen) atoms. The molecule has 7 nitrogen and oxygen atoms in total. The number of aromatic nitrogens is 1. The zero-order chi connectivity index (χ0) is 19.7. The molecule has 0 radical (unpaired) electrons. The van der Waals surface area contributed by atoms with E-state index >= 15 is 0 Å². The summed E-state index contributed by atoms with van der Waals surface area (Å²) in [5.41, 5.74) is 1.78. The van der Waals surface area contributed by atoms with Gasteiger partial charge in [0.05, 0.1) is 5.92 Å². The molecule has 4 rings (SSSR count). The zero-order valence-electron chi connectivity index (χ0n) is 15.7. The molecule has 2 aromatic rings. The lowest BCUT2D eigenvalue weighted by atomic mass is 10.0. The fourth-order valence-electron chi connectivity index (χ4n) is 4.49. The highest BCUT2D eigenvalue weighted by molar-refractivity contribution is 5.92. The number of fused-ring (bicyclic) bond motifs is 1. The van der Waals surface area contributed by atoms with Crippen LogP contribution in [0.5, 0.6) is 0 Å². The topological polar surface area (TPSA) is 102 Å². The maximum absolute atomic E-state index is 12.7. The first-order valence-electron chi connectivity index (χ1n) is 9.90. The molecule has 2 heterocycles. The molecule has 2 unspecified atom stereocenters. The molecule has 3 N–H and O–H groups in total. The predicted octanol–water partition coefficient (Wildman–Crippen LogP) is 2.07. The van der Waals surface area contributed by atoms with E-state index in [-0.39, 0.29) is 30.7 Å². The lowest BCUT2D eigenvalue weighted by Crippen LogP contribution is -2.45. The Bertz CT molecular complexity index is 900. The molecule has 1 aromatic carbocycles. The Labute approximate surface area is 163 Å². The summed E-state index contributed by atoms with van der Waals surface area (Å²) in [6, 6.07) is 6.88. The SMILES string of the molecule is O=C(NC(Cc1c[nH]c2ccccc12)C(=O)O)C1CC(=O)N(C2CCCC2)C1. The van der Waals surface area contributed by atoms with Crippen molar-refractivity contribution in [2.75, 3.05) is 6.54 Å². The van der Waals surface area contributed by atoms with Gasteiger partial charge in [-0.1, -0.05) is 31.0 Å². The minimum Gasteiger partial charge on any atom is -0.480 e. The number of H-pyrrole nitrogens is 1. The number of nitrogens with zero attached hydrogens (tertiary/aromatic N) is 1. The molecule has 1 saturated heterocycles. The Morgan fingerprint density at radius 3 is 2.75 bits per heavy atom. The maximum Gasteiger partial charge on any atom is 0.326 e. The summed E-state index contributed by atoms with van der Waals surface area (Å²) >= 11 is 0. The van der Waals surface area contributed by atoms with Gasteiger partial charge in [-0.2, -0.15) is 0 Å². The van der Waals surface area contributed by atoms with Crippen molar-refractivity contribution in [2.24, 2.45) is 5.92 Å². The number of carbonyl (C=O) groups excluding carboxylic acids is 2. The molecule has 1 aromatic heterocycles. The highest BCUT2D eigenvalue weighted by Crippen LogP contribution is 2.29. The molecule has 0 bridgehead atoms. The third kappa shape index (κ3) is 3.61. The van der Waals surface area contributed by atoms with Gasteiger partial charge in [0.1, 0.15) is 6.04 Å². The van der Waals surface area contributed by atoms with Gasteiger partial charge in [0.25, 0.3) is 0 Å². The highest BCUT2D eigenvalue weighted by Gasteiger charge is 2.39. The zero-order valence-corrected chi connectivity index (χ0v) is 15.7. The van der Waals surface area contributed by atoms with Crippen LogP contribution in [0.3, 0.4) is 0 Å². The largest absolute Gasteiger partial charge is 0.480 e. The monoisotopic (exact) mass is 383 g/mol. The molecule has 1 aliphatic carbocycles. The van der Waals surface area contributed by atoms with Crippen LogP contribution < -0.4 is 5.32 Å². The van der Waals surface area contributed by atoms with E-state index in [4.69, 9.17) is 0 Å². The van der Waals surface area contributed by atoms with Crippen LogP contribution in [-0.4, -0.2) is 51.4 Å². The first kappa shape index (κ1) is 18.5. The lowest BCUT2D eigenvalue weighted by Gasteiger charge is -2.24. The van der Waals surface area contributed by atoms with Crippen molar-refractivity contribution in [3.05, 3.63) is 36.0 Å². The number of para-hydroxylation sites is 1. The molecule has 2 aliphatic rings. The molecule has 1 saturated carbocycles. The number of aromatic amines is 1. The van der Waals surface area contributed by atoms with Crippen molar-refractivity contribution in [3.8, 4) is 0 Å². The number of benzene rings is 1. The summed E-state index contributed by atoms with van der Waals surface area (Å²) < 4.78 is 0. The standard InChI is InChI=1S/C21H25N3O4/c25-19-10-14(12-24(19)15-5-1-2-6-15)20(26)23-18(21(27)28)9-13-11-22-17-8-4-3-7-16(13)17/h3-4,7-8,11,14-15,18,22H,1-2,5-6,9-10,12H2,(H,23,26)(H,27,28). The van der Waals surface area contributed by atoms with Gasteiger partial charge < -0.3 is 20.3 Å². The summed E-state index contributed by atoms with van der Waals surface area (Å²) in [7, 11) is 0. The Morgan fingerprint density at radius 1 is 1.25 bits per heavy atom. The number of amides is 2. The van der Waals surface area contributed by atoms with Crippen molar-refractivity contribution in [1.82, 2.24) is 15.2 Å². The molecule has 0 spiro atoms. The van der Waals surface area contributed by atoms with Crippen molar-refractivity contribution >= 4 is 28.7 Å². The molecular formula is C21H25N3O4. The molecule has 2 fully saturated rings. The van der Waals surface area contributed by atoms with E-state index in [1.165, 1.54) is 0 Å². The number of aliphatic carboxylic acids is 1. The lowest BCUT2D eigenvalue weighted by molar-refractivity contribution is -0.142. The van der Waals surface area contributed by atoms with Gasteiger partial charge in [0, 0.05) is 42.5 Å². The average Bonchev–Trinajstić information content (AvgIpc) is 3.41. The predicted molar refractivity (Wildman–Crippen MR) is 104 cm³/mol. The van der Waals surface area contributed by atoms with Crippen LogP contribution >= 0.6 is 0 Å². The molecule has 7 heteroatoms. The number of nitrogens with one attached hydrogen (secondary N) is 2. The quantitative estimate of drug-likeness (QED) is 0.710. The second-order valence-electron chi connectivity index (χ2n) is 7.85. The van der Waals surface area contributed by atoms with Gasteiger partial charge in [0.15, 0.2) is 0 Å². The van der Waals surface area contributed by atoms with Gasteiger partial charge in [0.2, 0.25) is 11.8 Å². The van der Waals surface area contributed by atoms with E-state index in [2.05, 4.69) is 10.3 Å². The van der Waals surface area contributed by atoms with E-state index in [0.29, 0.717) is 6.54 Å². The summed E-state index contributed by atoms with van der Waals surface area (Å²) in [5.74, 6) is -1.88. The van der Waals surface area contributed by atoms with Crippen molar-refractivity contribution in [3.63, 3.8) is 0 Å². The molecule has 148 valence electrons. The maximum atomic E-state index is 12.7. The third-order valence-corrected chi connectivity index (χ3v) is 6.01. The van der Waals surface area contributed by atoms with Crippen LogP contribution in [0.15, 0.2) is 30.5 Å². The normalized spacial score (nSPS) is 21.4. The van der Waals surface area contributed by atoms with Crippen LogP contribution in [-0.2, 0) is 20.8 Å². The number of rotatable bonds is 6. The Hall–Kier alpha value is -2.83. The second-order valence-corrected chi connectivity index (χ2v) is 7.85. The van der Waals surface area contributed by atoms with E-state index in [0.717, 1.165) is 42.1 Å². The van der Waals surface area contributed by atoms with Gasteiger partial charge in [-0.3, -0.25) is 9.59 Å². The van der Waals surface area contributed by atoms with E-state index in [1.54, 1.807) is 6.20 Å². The second kappa shape index (κ2) is 7.66. The van der Waals surface area contributed by atoms with Gasteiger partial charge >= 0.3 is 5.97 Å². The van der Waals surface area contributed by atoms with Gasteiger partial charge in [-0.15, -0.1) is 0 Å². The smallest absolute Gasteiger partial charge is 0.326 e. The van der Waals surface area contributed by atoms with Crippen LogP contribution in [0.4, 0.5) is 0 Å². The first-order chi connectivity index (χ1) is 13.5. The van der Waals surface area contributed by atoms with Crippen LogP contribution in [0.1, 0.15) is 37.7 Å². The van der Waals surface area contributed by atoms with E-state index < -0.39 is 17.9 Å². The number of carboxylic acids is 1. The average molecular weight is 383 g/mol. The summed E-state index contributed by atoms with van der Waals surface area (Å²) in [5, 5.41) is 13.2. The number of hydrogen-bond donors (Lipinski definition) is 3. The number of likely N-dealkylation sites (tertiary alicyclic amines) is 1. The molecule has 2 amide bonds. The van der Waals surface area contributed by atoms with Crippen LogP contribution in [0, 0.1) is 5.92 Å². The molecule has 1 aliphatic heterocycles. The number of hydrogen-bond acceptors (Lipinski definition) is 3.